The fraction of sp³-hybridized carbons (Fsp3) is 0.500. The summed E-state index contributed by atoms with van der Waals surface area (Å²) in [6.45, 7) is 7.23. The molecule has 2 rings (SSSR count). The number of hydrogen-bond acceptors (Lipinski definition) is 6. The molecule has 136 valence electrons. The summed E-state index contributed by atoms with van der Waals surface area (Å²) in [4.78, 5) is 11.5. The van der Waals surface area contributed by atoms with Gasteiger partial charge in [-0.3, -0.25) is 4.79 Å². The molecule has 25 heavy (non-hydrogen) atoms. The van der Waals surface area contributed by atoms with E-state index in [0.29, 0.717) is 26.4 Å². The Kier molecular flexibility index (Phi) is 6.94. The molecule has 7 nitrogen and oxygen atoms in total. The van der Waals surface area contributed by atoms with E-state index in [1.807, 2.05) is 57.3 Å². The van der Waals surface area contributed by atoms with Crippen molar-refractivity contribution in [2.45, 2.75) is 45.9 Å². The summed E-state index contributed by atoms with van der Waals surface area (Å²) in [6, 6.07) is 9.55. The number of aromatic nitrogens is 3. The zero-order chi connectivity index (χ0) is 18.1. The number of carbonyl (C=O) groups is 1. The first kappa shape index (κ1) is 18.9. The third-order valence-electron chi connectivity index (χ3n) is 3.05. The maximum atomic E-state index is 11.5. The average Bonchev–Trinajstić information content (AvgIpc) is 3.00. The van der Waals surface area contributed by atoms with E-state index in [0.717, 1.165) is 11.4 Å². The van der Waals surface area contributed by atoms with Gasteiger partial charge in [-0.25, -0.2) is 4.68 Å². The largest absolute Gasteiger partial charge is 0.487 e. The Hall–Kier alpha value is -2.41. The Balaban J connectivity index is 1.61. The molecule has 0 saturated carbocycles. The number of esters is 1. The van der Waals surface area contributed by atoms with Crippen molar-refractivity contribution in [1.29, 1.82) is 0 Å². The molecule has 0 unspecified atom stereocenters. The van der Waals surface area contributed by atoms with Crippen LogP contribution in [0.4, 0.5) is 0 Å². The van der Waals surface area contributed by atoms with Crippen molar-refractivity contribution in [3.05, 3.63) is 42.2 Å². The molecule has 0 N–H and O–H groups in total. The Morgan fingerprint density at radius 1 is 1.16 bits per heavy atom. The van der Waals surface area contributed by atoms with Crippen molar-refractivity contribution in [2.75, 3.05) is 13.2 Å². The molecule has 0 saturated heterocycles. The van der Waals surface area contributed by atoms with Crippen LogP contribution in [-0.4, -0.2) is 39.8 Å². The Bertz CT molecular complexity index is 650. The molecule has 1 heterocycles. The molecule has 0 atom stereocenters. The lowest BCUT2D eigenvalue weighted by Crippen LogP contribution is -2.24. The zero-order valence-corrected chi connectivity index (χ0v) is 15.0. The van der Waals surface area contributed by atoms with E-state index in [2.05, 4.69) is 10.3 Å². The summed E-state index contributed by atoms with van der Waals surface area (Å²) < 4.78 is 18.0. The van der Waals surface area contributed by atoms with Crippen LogP contribution >= 0.6 is 0 Å². The average molecular weight is 347 g/mol. The van der Waals surface area contributed by atoms with Gasteiger partial charge in [-0.2, -0.15) is 0 Å². The van der Waals surface area contributed by atoms with Crippen molar-refractivity contribution in [3.63, 3.8) is 0 Å². The van der Waals surface area contributed by atoms with Crippen LogP contribution in [0.1, 0.15) is 32.9 Å². The van der Waals surface area contributed by atoms with Crippen molar-refractivity contribution in [1.82, 2.24) is 15.0 Å². The van der Waals surface area contributed by atoms with Gasteiger partial charge >= 0.3 is 5.97 Å². The molecule has 0 spiro atoms. The van der Waals surface area contributed by atoms with Gasteiger partial charge in [0, 0.05) is 0 Å². The van der Waals surface area contributed by atoms with Crippen molar-refractivity contribution in [2.24, 2.45) is 0 Å². The monoisotopic (exact) mass is 347 g/mol. The van der Waals surface area contributed by atoms with Crippen molar-refractivity contribution >= 4 is 5.97 Å². The molecule has 0 amide bonds. The number of rotatable bonds is 9. The first-order valence-corrected chi connectivity index (χ1v) is 8.29. The van der Waals surface area contributed by atoms with E-state index >= 15 is 0 Å². The Labute approximate surface area is 147 Å². The van der Waals surface area contributed by atoms with Gasteiger partial charge in [0.15, 0.2) is 0 Å². The number of hydrogen-bond donors (Lipinski definition) is 0. The van der Waals surface area contributed by atoms with Crippen molar-refractivity contribution < 1.29 is 19.0 Å². The van der Waals surface area contributed by atoms with Gasteiger partial charge in [-0.15, -0.1) is 5.10 Å². The summed E-state index contributed by atoms with van der Waals surface area (Å²) in [6.07, 6.45) is 2.06. The highest BCUT2D eigenvalue weighted by atomic mass is 16.6. The van der Waals surface area contributed by atoms with Crippen LogP contribution in [-0.2, 0) is 27.4 Å². The van der Waals surface area contributed by atoms with Gasteiger partial charge in [0.05, 0.1) is 32.4 Å². The van der Waals surface area contributed by atoms with Gasteiger partial charge in [-0.05, 0) is 32.9 Å². The van der Waals surface area contributed by atoms with Gasteiger partial charge in [0.1, 0.15) is 23.7 Å². The first-order chi connectivity index (χ1) is 11.9. The van der Waals surface area contributed by atoms with E-state index < -0.39 is 5.60 Å². The maximum Gasteiger partial charge on any atom is 0.308 e. The molecule has 0 radical (unpaired) electrons. The second kappa shape index (κ2) is 9.17. The molecule has 1 aromatic carbocycles. The summed E-state index contributed by atoms with van der Waals surface area (Å²) in [7, 11) is 0. The van der Waals surface area contributed by atoms with Gasteiger partial charge in [0.2, 0.25) is 0 Å². The number of ether oxygens (including phenoxy) is 3. The van der Waals surface area contributed by atoms with Crippen LogP contribution in [0.3, 0.4) is 0 Å². The summed E-state index contributed by atoms with van der Waals surface area (Å²) in [5.41, 5.74) is 0.286. The number of para-hydroxylation sites is 1. The van der Waals surface area contributed by atoms with E-state index in [1.54, 1.807) is 4.68 Å². The highest BCUT2D eigenvalue weighted by molar-refractivity contribution is 5.69. The van der Waals surface area contributed by atoms with Crippen LogP contribution < -0.4 is 4.74 Å². The van der Waals surface area contributed by atoms with Gasteiger partial charge in [0.25, 0.3) is 0 Å². The molecule has 2 aromatic rings. The third kappa shape index (κ3) is 7.80. The predicted octanol–water partition coefficient (Wildman–Crippen LogP) is 2.61. The van der Waals surface area contributed by atoms with E-state index in [9.17, 15) is 4.79 Å². The van der Waals surface area contributed by atoms with Gasteiger partial charge in [-0.1, -0.05) is 23.4 Å². The van der Waals surface area contributed by atoms with Crippen LogP contribution in [0.25, 0.3) is 0 Å². The Morgan fingerprint density at radius 3 is 2.64 bits per heavy atom. The molecule has 0 fully saturated rings. The molecule has 1 aromatic heterocycles. The summed E-state index contributed by atoms with van der Waals surface area (Å²) >= 11 is 0. The maximum absolute atomic E-state index is 11.5. The molecule has 7 heteroatoms. The SMILES string of the molecule is CC(C)(C)OC(=O)CCOCCn1cc(COc2ccccc2)nn1. The minimum Gasteiger partial charge on any atom is -0.487 e. The Morgan fingerprint density at radius 2 is 1.92 bits per heavy atom. The lowest BCUT2D eigenvalue weighted by molar-refractivity contribution is -0.156. The van der Waals surface area contributed by atoms with Crippen LogP contribution in [0.2, 0.25) is 0 Å². The normalized spacial score (nSPS) is 11.3. The fourth-order valence-electron chi connectivity index (χ4n) is 2.00. The lowest BCUT2D eigenvalue weighted by Gasteiger charge is -2.19. The molecule has 0 aliphatic rings. The van der Waals surface area contributed by atoms with Crippen LogP contribution in [0.15, 0.2) is 36.5 Å². The summed E-state index contributed by atoms with van der Waals surface area (Å²) in [5.74, 6) is 0.538. The molecular formula is C18H25N3O4. The first-order valence-electron chi connectivity index (χ1n) is 8.29. The molecular weight excluding hydrogens is 322 g/mol. The highest BCUT2D eigenvalue weighted by Crippen LogP contribution is 2.10. The lowest BCUT2D eigenvalue weighted by atomic mass is 10.2. The molecule has 0 bridgehead atoms. The predicted molar refractivity (Wildman–Crippen MR) is 92.1 cm³/mol. The molecule has 0 aliphatic carbocycles. The van der Waals surface area contributed by atoms with Crippen molar-refractivity contribution in [3.8, 4) is 5.75 Å². The summed E-state index contributed by atoms with van der Waals surface area (Å²) in [5, 5.41) is 8.08. The second-order valence-electron chi connectivity index (χ2n) is 6.52. The quantitative estimate of drug-likeness (QED) is 0.513. The third-order valence-corrected chi connectivity index (χ3v) is 3.05. The number of carbonyl (C=O) groups excluding carboxylic acids is 1. The minimum absolute atomic E-state index is 0.241. The number of nitrogens with zero attached hydrogens (tertiary/aromatic N) is 3. The smallest absolute Gasteiger partial charge is 0.308 e. The van der Waals surface area contributed by atoms with E-state index in [-0.39, 0.29) is 12.4 Å². The van der Waals surface area contributed by atoms with Crippen LogP contribution in [0.5, 0.6) is 5.75 Å². The second-order valence-corrected chi connectivity index (χ2v) is 6.52. The van der Waals surface area contributed by atoms with Crippen LogP contribution in [0, 0.1) is 0 Å². The van der Waals surface area contributed by atoms with Gasteiger partial charge < -0.3 is 14.2 Å². The fourth-order valence-corrected chi connectivity index (χ4v) is 2.00. The van der Waals surface area contributed by atoms with E-state index in [1.165, 1.54) is 0 Å². The zero-order valence-electron chi connectivity index (χ0n) is 15.0. The molecule has 0 aliphatic heterocycles. The highest BCUT2D eigenvalue weighted by Gasteiger charge is 2.15. The van der Waals surface area contributed by atoms with E-state index in [4.69, 9.17) is 14.2 Å². The minimum atomic E-state index is -0.462. The number of benzene rings is 1. The topological polar surface area (TPSA) is 75.5 Å². The standard InChI is InChI=1S/C18H25N3O4/c1-18(2,3)25-17(22)9-11-23-12-10-21-13-15(19-20-21)14-24-16-7-5-4-6-8-16/h4-8,13H,9-12,14H2,1-3H3.